The van der Waals surface area contributed by atoms with Crippen molar-refractivity contribution < 1.29 is 19.1 Å². The molecule has 0 spiro atoms. The van der Waals surface area contributed by atoms with Crippen LogP contribution in [0.1, 0.15) is 46.0 Å². The van der Waals surface area contributed by atoms with Crippen molar-refractivity contribution in [3.63, 3.8) is 0 Å². The summed E-state index contributed by atoms with van der Waals surface area (Å²) >= 11 is 1.52. The van der Waals surface area contributed by atoms with E-state index in [1.165, 1.54) is 11.3 Å². The molecule has 152 valence electrons. The normalized spacial score (nSPS) is 11.8. The lowest BCUT2D eigenvalue weighted by Gasteiger charge is -2.14. The summed E-state index contributed by atoms with van der Waals surface area (Å²) < 4.78 is 7.27. The number of thiophene rings is 1. The molecule has 8 heteroatoms. The number of carbonyl (C=O) groups excluding carboxylic acids is 3. The first-order chi connectivity index (χ1) is 13.2. The minimum absolute atomic E-state index is 0.285. The molecule has 2 amide bonds. The highest BCUT2D eigenvalue weighted by Crippen LogP contribution is 2.33. The first-order valence-electron chi connectivity index (χ1n) is 9.16. The summed E-state index contributed by atoms with van der Waals surface area (Å²) in [5, 5.41) is 5.93. The Bertz CT molecular complexity index is 878. The average molecular weight is 406 g/mol. The molecule has 2 N–H and O–H groups in total. The Morgan fingerprint density at radius 1 is 1.14 bits per heavy atom. The minimum Gasteiger partial charge on any atom is -0.452 e. The van der Waals surface area contributed by atoms with Crippen LogP contribution in [0.25, 0.3) is 5.00 Å². The number of ether oxygens (including phenoxy) is 1. The molecule has 2 rings (SSSR count). The maximum atomic E-state index is 12.8. The van der Waals surface area contributed by atoms with Gasteiger partial charge >= 0.3 is 5.97 Å². The van der Waals surface area contributed by atoms with E-state index in [1.807, 2.05) is 44.4 Å². The molecule has 0 unspecified atom stereocenters. The zero-order valence-electron chi connectivity index (χ0n) is 17.1. The summed E-state index contributed by atoms with van der Waals surface area (Å²) in [6.45, 7) is 11.2. The van der Waals surface area contributed by atoms with E-state index < -0.39 is 24.5 Å². The van der Waals surface area contributed by atoms with Gasteiger partial charge in [0.1, 0.15) is 11.0 Å². The molecule has 0 bridgehead atoms. The first kappa shape index (κ1) is 21.7. The number of hydrogen-bond acceptors (Lipinski definition) is 5. The standard InChI is InChI=1S/C20H27N3O4S/c1-7-21-18(25)14(5)22-16(24)10-27-20(26)17-13(4)15(6)28-19(17)23-11(2)8-9-12(23)3/h8-9,14H,7,10H2,1-6H3,(H,21,25)(H,22,24)/t14-/m1/s1. The molecule has 28 heavy (non-hydrogen) atoms. The van der Waals surface area contributed by atoms with Gasteiger partial charge in [0.05, 0.1) is 5.56 Å². The molecule has 2 aromatic rings. The number of nitrogens with zero attached hydrogens (tertiary/aromatic N) is 1. The number of nitrogens with one attached hydrogen (secondary N) is 2. The fourth-order valence-corrected chi connectivity index (χ4v) is 4.14. The Kier molecular flexibility index (Phi) is 7.01. The number of aromatic nitrogens is 1. The molecule has 0 aliphatic carbocycles. The topological polar surface area (TPSA) is 89.4 Å². The molecule has 0 saturated heterocycles. The van der Waals surface area contributed by atoms with Crippen LogP contribution in [-0.4, -0.2) is 41.5 Å². The third-order valence-electron chi connectivity index (χ3n) is 4.50. The lowest BCUT2D eigenvalue weighted by atomic mass is 10.1. The van der Waals surface area contributed by atoms with Gasteiger partial charge in [-0.05, 0) is 59.2 Å². The molecular formula is C20H27N3O4S. The quantitative estimate of drug-likeness (QED) is 0.693. The van der Waals surface area contributed by atoms with Crippen molar-refractivity contribution in [3.8, 4) is 5.00 Å². The summed E-state index contributed by atoms with van der Waals surface area (Å²) in [4.78, 5) is 37.5. The fourth-order valence-electron chi connectivity index (χ4n) is 2.87. The van der Waals surface area contributed by atoms with Crippen LogP contribution < -0.4 is 10.6 Å². The van der Waals surface area contributed by atoms with Crippen LogP contribution in [0.2, 0.25) is 0 Å². The van der Waals surface area contributed by atoms with Gasteiger partial charge in [0.2, 0.25) is 5.91 Å². The van der Waals surface area contributed by atoms with Crippen LogP contribution in [0.15, 0.2) is 12.1 Å². The van der Waals surface area contributed by atoms with Crippen LogP contribution in [0.3, 0.4) is 0 Å². The third-order valence-corrected chi connectivity index (χ3v) is 5.69. The van der Waals surface area contributed by atoms with Crippen LogP contribution >= 0.6 is 11.3 Å². The average Bonchev–Trinajstić information content (AvgIpc) is 3.11. The number of esters is 1. The van der Waals surface area contributed by atoms with E-state index in [-0.39, 0.29) is 5.91 Å². The van der Waals surface area contributed by atoms with Gasteiger partial charge < -0.3 is 19.9 Å². The summed E-state index contributed by atoms with van der Waals surface area (Å²) in [7, 11) is 0. The summed E-state index contributed by atoms with van der Waals surface area (Å²) in [6, 6.07) is 3.28. The summed E-state index contributed by atoms with van der Waals surface area (Å²) in [5.41, 5.74) is 3.34. The van der Waals surface area contributed by atoms with Crippen molar-refractivity contribution in [2.45, 2.75) is 47.6 Å². The second-order valence-electron chi connectivity index (χ2n) is 6.67. The highest BCUT2D eigenvalue weighted by molar-refractivity contribution is 7.15. The van der Waals surface area contributed by atoms with E-state index in [4.69, 9.17) is 4.74 Å². The van der Waals surface area contributed by atoms with Crippen molar-refractivity contribution in [1.82, 2.24) is 15.2 Å². The number of likely N-dealkylation sites (N-methyl/N-ethyl adjacent to an activating group) is 1. The second kappa shape index (κ2) is 9.05. The highest BCUT2D eigenvalue weighted by Gasteiger charge is 2.24. The van der Waals surface area contributed by atoms with E-state index in [0.29, 0.717) is 12.1 Å². The van der Waals surface area contributed by atoms with E-state index in [1.54, 1.807) is 13.8 Å². The predicted molar refractivity (Wildman–Crippen MR) is 109 cm³/mol. The Morgan fingerprint density at radius 2 is 1.75 bits per heavy atom. The Morgan fingerprint density at radius 3 is 2.32 bits per heavy atom. The smallest absolute Gasteiger partial charge is 0.341 e. The SMILES string of the molecule is CCNC(=O)[C@@H](C)NC(=O)COC(=O)c1c(-n2c(C)ccc2C)sc(C)c1C. The monoisotopic (exact) mass is 405 g/mol. The van der Waals surface area contributed by atoms with Crippen LogP contribution in [-0.2, 0) is 14.3 Å². The molecule has 0 aliphatic rings. The number of hydrogen-bond donors (Lipinski definition) is 2. The molecule has 0 radical (unpaired) electrons. The molecule has 7 nitrogen and oxygen atoms in total. The van der Waals surface area contributed by atoms with Gasteiger partial charge in [-0.15, -0.1) is 11.3 Å². The van der Waals surface area contributed by atoms with E-state index in [2.05, 4.69) is 10.6 Å². The second-order valence-corrected chi connectivity index (χ2v) is 7.88. The van der Waals surface area contributed by atoms with Gasteiger partial charge in [0.25, 0.3) is 5.91 Å². The zero-order valence-corrected chi connectivity index (χ0v) is 18.0. The van der Waals surface area contributed by atoms with E-state index in [0.717, 1.165) is 26.8 Å². The van der Waals surface area contributed by atoms with Gasteiger partial charge in [0, 0.05) is 22.8 Å². The first-order valence-corrected chi connectivity index (χ1v) is 9.98. The maximum Gasteiger partial charge on any atom is 0.341 e. The van der Waals surface area contributed by atoms with E-state index in [9.17, 15) is 14.4 Å². The zero-order chi connectivity index (χ0) is 21.0. The molecule has 0 aromatic carbocycles. The van der Waals surface area contributed by atoms with Gasteiger partial charge in [0.15, 0.2) is 6.61 Å². The Hall–Kier alpha value is -2.61. The minimum atomic E-state index is -0.697. The van der Waals surface area contributed by atoms with Gasteiger partial charge in [-0.2, -0.15) is 0 Å². The van der Waals surface area contributed by atoms with Crippen molar-refractivity contribution in [1.29, 1.82) is 0 Å². The number of aryl methyl sites for hydroxylation is 3. The fraction of sp³-hybridized carbons (Fsp3) is 0.450. The van der Waals surface area contributed by atoms with Crippen LogP contribution in [0.4, 0.5) is 0 Å². The molecule has 1 atom stereocenters. The third kappa shape index (κ3) is 4.62. The molecule has 0 saturated carbocycles. The lowest BCUT2D eigenvalue weighted by molar-refractivity contribution is -0.130. The van der Waals surface area contributed by atoms with Crippen LogP contribution in [0, 0.1) is 27.7 Å². The molecular weight excluding hydrogens is 378 g/mol. The van der Waals surface area contributed by atoms with Gasteiger partial charge in [-0.3, -0.25) is 9.59 Å². The van der Waals surface area contributed by atoms with Crippen molar-refractivity contribution in [2.75, 3.05) is 13.2 Å². The van der Waals surface area contributed by atoms with Crippen LogP contribution in [0.5, 0.6) is 0 Å². The van der Waals surface area contributed by atoms with Crippen molar-refractivity contribution in [3.05, 3.63) is 39.5 Å². The summed E-state index contributed by atoms with van der Waals surface area (Å²) in [6.07, 6.45) is 0. The van der Waals surface area contributed by atoms with Gasteiger partial charge in [-0.25, -0.2) is 4.79 Å². The van der Waals surface area contributed by atoms with E-state index >= 15 is 0 Å². The van der Waals surface area contributed by atoms with Crippen molar-refractivity contribution >= 4 is 29.1 Å². The van der Waals surface area contributed by atoms with Crippen molar-refractivity contribution in [2.24, 2.45) is 0 Å². The molecule has 2 heterocycles. The maximum absolute atomic E-state index is 12.8. The summed E-state index contributed by atoms with van der Waals surface area (Å²) in [5.74, 6) is -1.36. The molecule has 2 aromatic heterocycles. The number of amides is 2. The Labute approximate surface area is 169 Å². The van der Waals surface area contributed by atoms with Gasteiger partial charge in [-0.1, -0.05) is 0 Å². The molecule has 0 aliphatic heterocycles. The number of carbonyl (C=O) groups is 3. The lowest BCUT2D eigenvalue weighted by Crippen LogP contribution is -2.46. The largest absolute Gasteiger partial charge is 0.452 e. The predicted octanol–water partition coefficient (Wildman–Crippen LogP) is 2.57. The highest BCUT2D eigenvalue weighted by atomic mass is 32.1. The Balaban J connectivity index is 2.13. The molecule has 0 fully saturated rings. The number of rotatable bonds is 7.